The van der Waals surface area contributed by atoms with Gasteiger partial charge < -0.3 is 14.7 Å². The average Bonchev–Trinajstić information content (AvgIpc) is 3.09. The van der Waals surface area contributed by atoms with Gasteiger partial charge in [0.15, 0.2) is 11.6 Å². The standard InChI is InChI=1S/C21H25N3O4/c1-14-11-19(23-28-14)22-20(26)13-24(2)21(27)10-9-18(25)17-8-7-15-5-3-4-6-16(15)12-17/h7-8,11-12H,3-6,9-10,13H2,1-2H3,(H,22,23,26). The number of anilines is 1. The van der Waals surface area contributed by atoms with E-state index in [-0.39, 0.29) is 37.0 Å². The lowest BCUT2D eigenvalue weighted by Crippen LogP contribution is -2.35. The number of fused-ring (bicyclic) bond motifs is 1. The van der Waals surface area contributed by atoms with Crippen molar-refractivity contribution in [1.82, 2.24) is 10.1 Å². The number of benzene rings is 1. The number of Topliss-reactive ketones (excluding diaryl/α,β-unsaturated/α-hetero) is 1. The van der Waals surface area contributed by atoms with Gasteiger partial charge in [-0.15, -0.1) is 0 Å². The fourth-order valence-electron chi connectivity index (χ4n) is 3.37. The second-order valence-corrected chi connectivity index (χ2v) is 7.23. The predicted octanol–water partition coefficient (Wildman–Crippen LogP) is 2.92. The van der Waals surface area contributed by atoms with Crippen LogP contribution < -0.4 is 5.32 Å². The van der Waals surface area contributed by atoms with Gasteiger partial charge in [0.05, 0.1) is 6.54 Å². The highest BCUT2D eigenvalue weighted by Gasteiger charge is 2.17. The Morgan fingerprint density at radius 2 is 1.86 bits per heavy atom. The van der Waals surface area contributed by atoms with Gasteiger partial charge in [0.1, 0.15) is 5.76 Å². The fourth-order valence-corrected chi connectivity index (χ4v) is 3.37. The lowest BCUT2D eigenvalue weighted by atomic mass is 9.89. The van der Waals surface area contributed by atoms with Crippen molar-refractivity contribution in [2.75, 3.05) is 18.9 Å². The van der Waals surface area contributed by atoms with Crippen LogP contribution in [0.15, 0.2) is 28.8 Å². The lowest BCUT2D eigenvalue weighted by Gasteiger charge is -2.17. The molecule has 3 rings (SSSR count). The van der Waals surface area contributed by atoms with Crippen LogP contribution in [0.4, 0.5) is 5.82 Å². The maximum Gasteiger partial charge on any atom is 0.245 e. The van der Waals surface area contributed by atoms with E-state index in [1.54, 1.807) is 20.0 Å². The second kappa shape index (κ2) is 8.82. The van der Waals surface area contributed by atoms with E-state index in [4.69, 9.17) is 4.52 Å². The molecule has 7 nitrogen and oxygen atoms in total. The molecule has 0 spiro atoms. The summed E-state index contributed by atoms with van der Waals surface area (Å²) in [6.45, 7) is 1.61. The number of likely N-dealkylation sites (N-methyl/N-ethyl adjacent to an activating group) is 1. The van der Waals surface area contributed by atoms with Crippen LogP contribution in [0.5, 0.6) is 0 Å². The largest absolute Gasteiger partial charge is 0.360 e. The van der Waals surface area contributed by atoms with Gasteiger partial charge in [-0.1, -0.05) is 17.3 Å². The number of hydrogen-bond donors (Lipinski definition) is 1. The number of carbonyl (C=O) groups is 3. The van der Waals surface area contributed by atoms with Crippen molar-refractivity contribution in [2.24, 2.45) is 0 Å². The third kappa shape index (κ3) is 5.06. The molecule has 1 N–H and O–H groups in total. The van der Waals surface area contributed by atoms with Gasteiger partial charge in [-0.2, -0.15) is 0 Å². The van der Waals surface area contributed by atoms with E-state index in [9.17, 15) is 14.4 Å². The molecule has 28 heavy (non-hydrogen) atoms. The third-order valence-corrected chi connectivity index (χ3v) is 4.94. The van der Waals surface area contributed by atoms with Crippen LogP contribution in [-0.2, 0) is 22.4 Å². The molecule has 0 atom stereocenters. The van der Waals surface area contributed by atoms with Crippen LogP contribution in [0.1, 0.15) is 52.9 Å². The molecular formula is C21H25N3O4. The van der Waals surface area contributed by atoms with E-state index >= 15 is 0 Å². The second-order valence-electron chi connectivity index (χ2n) is 7.23. The van der Waals surface area contributed by atoms with Gasteiger partial charge in [-0.3, -0.25) is 14.4 Å². The van der Waals surface area contributed by atoms with E-state index in [2.05, 4.69) is 10.5 Å². The molecule has 0 unspecified atom stereocenters. The molecule has 2 amide bonds. The normalized spacial score (nSPS) is 12.9. The summed E-state index contributed by atoms with van der Waals surface area (Å²) < 4.78 is 4.88. The molecule has 1 aliphatic carbocycles. The highest BCUT2D eigenvalue weighted by molar-refractivity contribution is 5.99. The van der Waals surface area contributed by atoms with E-state index < -0.39 is 0 Å². The minimum Gasteiger partial charge on any atom is -0.360 e. The quantitative estimate of drug-likeness (QED) is 0.742. The Morgan fingerprint density at radius 3 is 2.57 bits per heavy atom. The average molecular weight is 383 g/mol. The minimum absolute atomic E-state index is 0.0438. The first-order valence-electron chi connectivity index (χ1n) is 9.54. The minimum atomic E-state index is -0.370. The van der Waals surface area contributed by atoms with Crippen LogP contribution in [0, 0.1) is 6.92 Å². The van der Waals surface area contributed by atoms with Gasteiger partial charge in [-0.25, -0.2) is 0 Å². The zero-order valence-electron chi connectivity index (χ0n) is 16.3. The van der Waals surface area contributed by atoms with E-state index in [0.717, 1.165) is 19.3 Å². The van der Waals surface area contributed by atoms with Crippen molar-refractivity contribution in [1.29, 1.82) is 0 Å². The maximum atomic E-state index is 12.5. The summed E-state index contributed by atoms with van der Waals surface area (Å²) in [5, 5.41) is 6.24. The summed E-state index contributed by atoms with van der Waals surface area (Å²) in [5.41, 5.74) is 3.24. The van der Waals surface area contributed by atoms with Crippen molar-refractivity contribution in [2.45, 2.75) is 45.4 Å². The van der Waals surface area contributed by atoms with Gasteiger partial charge in [0.25, 0.3) is 0 Å². The van der Waals surface area contributed by atoms with Crippen LogP contribution >= 0.6 is 0 Å². The number of amides is 2. The number of nitrogens with zero attached hydrogens (tertiary/aromatic N) is 2. The molecule has 0 saturated carbocycles. The Labute approximate surface area is 164 Å². The van der Waals surface area contributed by atoms with Crippen molar-refractivity contribution in [3.05, 3.63) is 46.7 Å². The maximum absolute atomic E-state index is 12.5. The molecular weight excluding hydrogens is 358 g/mol. The summed E-state index contributed by atoms with van der Waals surface area (Å²) in [6, 6.07) is 7.45. The molecule has 2 aromatic rings. The molecule has 1 heterocycles. The zero-order chi connectivity index (χ0) is 20.1. The first kappa shape index (κ1) is 19.8. The number of hydrogen-bond acceptors (Lipinski definition) is 5. The summed E-state index contributed by atoms with van der Waals surface area (Å²) >= 11 is 0. The summed E-state index contributed by atoms with van der Waals surface area (Å²) in [4.78, 5) is 38.0. The van der Waals surface area contributed by atoms with Crippen LogP contribution in [0.2, 0.25) is 0 Å². The summed E-state index contributed by atoms with van der Waals surface area (Å²) in [6.07, 6.45) is 4.64. The number of nitrogens with one attached hydrogen (secondary N) is 1. The smallest absolute Gasteiger partial charge is 0.245 e. The highest BCUT2D eigenvalue weighted by Crippen LogP contribution is 2.23. The van der Waals surface area contributed by atoms with Crippen molar-refractivity contribution in [3.63, 3.8) is 0 Å². The van der Waals surface area contributed by atoms with Gasteiger partial charge in [0.2, 0.25) is 11.8 Å². The van der Waals surface area contributed by atoms with Gasteiger partial charge >= 0.3 is 0 Å². The molecule has 7 heteroatoms. The number of aromatic nitrogens is 1. The molecule has 1 aromatic carbocycles. The monoisotopic (exact) mass is 383 g/mol. The van der Waals surface area contributed by atoms with E-state index in [1.807, 2.05) is 18.2 Å². The number of rotatable bonds is 7. The van der Waals surface area contributed by atoms with Crippen LogP contribution in [0.3, 0.4) is 0 Å². The Kier molecular flexibility index (Phi) is 6.23. The Hall–Kier alpha value is -2.96. The van der Waals surface area contributed by atoms with E-state index in [0.29, 0.717) is 17.1 Å². The first-order valence-corrected chi connectivity index (χ1v) is 9.54. The molecule has 0 fully saturated rings. The summed E-state index contributed by atoms with van der Waals surface area (Å²) in [5.74, 6) is 0.229. The molecule has 1 aliphatic rings. The zero-order valence-corrected chi connectivity index (χ0v) is 16.3. The van der Waals surface area contributed by atoms with Crippen LogP contribution in [-0.4, -0.2) is 41.2 Å². The SMILES string of the molecule is Cc1cc(NC(=O)CN(C)C(=O)CCC(=O)c2ccc3c(c2)CCCC3)no1. The Balaban J connectivity index is 1.47. The number of carbonyl (C=O) groups excluding carboxylic acids is 3. The topological polar surface area (TPSA) is 92.5 Å². The fraction of sp³-hybridized carbons (Fsp3) is 0.429. The van der Waals surface area contributed by atoms with Gasteiger partial charge in [0, 0.05) is 31.5 Å². The van der Waals surface area contributed by atoms with Crippen molar-refractivity contribution in [3.8, 4) is 0 Å². The molecule has 0 bridgehead atoms. The molecule has 148 valence electrons. The van der Waals surface area contributed by atoms with Crippen molar-refractivity contribution < 1.29 is 18.9 Å². The predicted molar refractivity (Wildman–Crippen MR) is 104 cm³/mol. The highest BCUT2D eigenvalue weighted by atomic mass is 16.5. The van der Waals surface area contributed by atoms with Crippen molar-refractivity contribution >= 4 is 23.4 Å². The number of aryl methyl sites for hydroxylation is 3. The van der Waals surface area contributed by atoms with Crippen LogP contribution in [0.25, 0.3) is 0 Å². The Bertz CT molecular complexity index is 888. The van der Waals surface area contributed by atoms with E-state index in [1.165, 1.54) is 22.4 Å². The lowest BCUT2D eigenvalue weighted by molar-refractivity contribution is -0.133. The molecule has 0 saturated heterocycles. The Morgan fingerprint density at radius 1 is 1.11 bits per heavy atom. The van der Waals surface area contributed by atoms with Gasteiger partial charge in [-0.05, 0) is 49.8 Å². The molecule has 0 radical (unpaired) electrons. The first-order chi connectivity index (χ1) is 13.4. The molecule has 1 aromatic heterocycles. The molecule has 0 aliphatic heterocycles. The summed E-state index contributed by atoms with van der Waals surface area (Å²) in [7, 11) is 1.54. The third-order valence-electron chi connectivity index (χ3n) is 4.94. The number of ketones is 1.